The molecule has 1 rings (SSSR count). The van der Waals surface area contributed by atoms with Gasteiger partial charge in [0.1, 0.15) is 5.69 Å². The van der Waals surface area contributed by atoms with Gasteiger partial charge in [0.05, 0.1) is 4.92 Å². The van der Waals surface area contributed by atoms with Crippen molar-refractivity contribution >= 4 is 38.9 Å². The highest BCUT2D eigenvalue weighted by molar-refractivity contribution is 9.10. The molecule has 0 saturated heterocycles. The lowest BCUT2D eigenvalue weighted by Crippen LogP contribution is -2.20. The predicted octanol–water partition coefficient (Wildman–Crippen LogP) is 3.97. The van der Waals surface area contributed by atoms with Crippen LogP contribution in [0.3, 0.4) is 0 Å². The number of hydrogen-bond donors (Lipinski definition) is 0. The van der Waals surface area contributed by atoms with Crippen LogP contribution in [0, 0.1) is 10.1 Å². The van der Waals surface area contributed by atoms with Gasteiger partial charge in [0.25, 0.3) is 12.1 Å². The fourth-order valence-corrected chi connectivity index (χ4v) is 2.19. The van der Waals surface area contributed by atoms with Crippen LogP contribution in [0.2, 0.25) is 0 Å². The van der Waals surface area contributed by atoms with Crippen LogP contribution in [0.15, 0.2) is 16.6 Å². The van der Waals surface area contributed by atoms with Crippen molar-refractivity contribution in [2.24, 2.45) is 0 Å². The van der Waals surface area contributed by atoms with Crippen molar-refractivity contribution in [3.05, 3.63) is 32.3 Å². The summed E-state index contributed by atoms with van der Waals surface area (Å²) in [4.78, 5) is 11.8. The number of hydrogen-bond acceptors (Lipinski definition) is 3. The van der Waals surface area contributed by atoms with Crippen LogP contribution >= 0.6 is 27.5 Å². The first-order valence-electron chi connectivity index (χ1n) is 4.91. The second-order valence-corrected chi connectivity index (χ2v) is 4.76. The molecule has 1 aromatic carbocycles. The van der Waals surface area contributed by atoms with Gasteiger partial charge in [-0.1, -0.05) is 15.9 Å². The Kier molecular flexibility index (Phi) is 5.28. The Morgan fingerprint density at radius 1 is 1.56 bits per heavy atom. The fraction of sp³-hybridized carbons (Fsp3) is 0.400. The van der Waals surface area contributed by atoms with Crippen LogP contribution in [0.4, 0.5) is 20.2 Å². The number of nitro groups is 1. The van der Waals surface area contributed by atoms with E-state index in [-0.39, 0.29) is 21.7 Å². The Morgan fingerprint density at radius 2 is 2.17 bits per heavy atom. The normalized spacial score (nSPS) is 10.8. The van der Waals surface area contributed by atoms with E-state index in [2.05, 4.69) is 15.9 Å². The largest absolute Gasteiger partial charge is 0.368 e. The smallest absolute Gasteiger partial charge is 0.293 e. The molecule has 0 spiro atoms. The molecule has 18 heavy (non-hydrogen) atoms. The molecule has 1 aromatic rings. The van der Waals surface area contributed by atoms with Crippen molar-refractivity contribution in [3.8, 4) is 0 Å². The number of nitro benzene ring substituents is 1. The van der Waals surface area contributed by atoms with Crippen molar-refractivity contribution < 1.29 is 13.7 Å². The van der Waals surface area contributed by atoms with Crippen LogP contribution in [0.5, 0.6) is 0 Å². The molecule has 0 radical (unpaired) electrons. The summed E-state index contributed by atoms with van der Waals surface area (Å²) in [6, 6.07) is 2.20. The third kappa shape index (κ3) is 3.29. The van der Waals surface area contributed by atoms with Crippen LogP contribution in [0.25, 0.3) is 0 Å². The summed E-state index contributed by atoms with van der Waals surface area (Å²) in [6.45, 7) is 0.378. The molecule has 0 saturated carbocycles. The van der Waals surface area contributed by atoms with Crippen molar-refractivity contribution in [2.75, 3.05) is 24.4 Å². The molecular weight excluding hydrogens is 333 g/mol. The lowest BCUT2D eigenvalue weighted by Gasteiger charge is -2.19. The van der Waals surface area contributed by atoms with Crippen molar-refractivity contribution in [1.29, 1.82) is 0 Å². The third-order valence-corrected chi connectivity index (χ3v) is 3.21. The van der Waals surface area contributed by atoms with E-state index in [9.17, 15) is 18.9 Å². The van der Waals surface area contributed by atoms with E-state index in [1.807, 2.05) is 0 Å². The molecular formula is C10H10BrClF2N2O2. The van der Waals surface area contributed by atoms with E-state index in [0.717, 1.165) is 6.07 Å². The van der Waals surface area contributed by atoms with E-state index in [4.69, 9.17) is 11.6 Å². The molecule has 0 aliphatic rings. The zero-order chi connectivity index (χ0) is 13.9. The lowest BCUT2D eigenvalue weighted by atomic mass is 10.1. The van der Waals surface area contributed by atoms with E-state index in [0.29, 0.717) is 6.54 Å². The fourth-order valence-electron chi connectivity index (χ4n) is 1.43. The Hall–Kier alpha value is -0.950. The summed E-state index contributed by atoms with van der Waals surface area (Å²) < 4.78 is 25.5. The van der Waals surface area contributed by atoms with Crippen molar-refractivity contribution in [3.63, 3.8) is 0 Å². The van der Waals surface area contributed by atoms with Gasteiger partial charge in [-0.25, -0.2) is 8.78 Å². The topological polar surface area (TPSA) is 46.4 Å². The van der Waals surface area contributed by atoms with Gasteiger partial charge in [0, 0.05) is 35.6 Å². The highest BCUT2D eigenvalue weighted by Gasteiger charge is 2.23. The first-order chi connectivity index (χ1) is 8.38. The molecule has 100 valence electrons. The number of rotatable bonds is 5. The number of halogens is 4. The van der Waals surface area contributed by atoms with Gasteiger partial charge in [-0.2, -0.15) is 0 Å². The minimum absolute atomic E-state index is 0.138. The molecule has 0 amide bonds. The summed E-state index contributed by atoms with van der Waals surface area (Å²) >= 11 is 8.54. The molecule has 4 nitrogen and oxygen atoms in total. The molecule has 0 unspecified atom stereocenters. The number of alkyl halides is 3. The Morgan fingerprint density at radius 3 is 2.61 bits per heavy atom. The Labute approximate surface area is 116 Å². The average molecular weight is 344 g/mol. The van der Waals surface area contributed by atoms with Crippen LogP contribution in [0.1, 0.15) is 12.0 Å². The van der Waals surface area contributed by atoms with E-state index in [1.54, 1.807) is 11.9 Å². The SMILES string of the molecule is CN(CCCl)c1cc(Br)c(C(F)F)cc1[N+](=O)[O-]. The first-order valence-corrected chi connectivity index (χ1v) is 6.24. The Bertz CT molecular complexity index is 460. The molecule has 0 aromatic heterocycles. The van der Waals surface area contributed by atoms with Gasteiger partial charge in [-0.15, -0.1) is 11.6 Å². The third-order valence-electron chi connectivity index (χ3n) is 2.36. The van der Waals surface area contributed by atoms with E-state index < -0.39 is 16.9 Å². The highest BCUT2D eigenvalue weighted by atomic mass is 79.9. The number of anilines is 1. The maximum atomic E-state index is 12.7. The zero-order valence-electron chi connectivity index (χ0n) is 9.37. The van der Waals surface area contributed by atoms with Crippen LogP contribution < -0.4 is 4.90 Å². The average Bonchev–Trinajstić information content (AvgIpc) is 2.27. The zero-order valence-corrected chi connectivity index (χ0v) is 11.7. The molecule has 0 aliphatic heterocycles. The second kappa shape index (κ2) is 6.29. The Balaban J connectivity index is 3.33. The maximum Gasteiger partial charge on any atom is 0.293 e. The molecule has 0 N–H and O–H groups in total. The van der Waals surface area contributed by atoms with Gasteiger partial charge >= 0.3 is 0 Å². The van der Waals surface area contributed by atoms with Crippen LogP contribution in [-0.2, 0) is 0 Å². The minimum Gasteiger partial charge on any atom is -0.368 e. The van der Waals surface area contributed by atoms with Gasteiger partial charge in [-0.3, -0.25) is 10.1 Å². The highest BCUT2D eigenvalue weighted by Crippen LogP contribution is 2.37. The molecule has 0 heterocycles. The lowest BCUT2D eigenvalue weighted by molar-refractivity contribution is -0.384. The summed E-state index contributed by atoms with van der Waals surface area (Å²) in [7, 11) is 1.61. The second-order valence-electron chi connectivity index (χ2n) is 3.53. The molecule has 8 heteroatoms. The summed E-state index contributed by atoms with van der Waals surface area (Å²) in [5.74, 6) is 0.280. The monoisotopic (exact) mass is 342 g/mol. The quantitative estimate of drug-likeness (QED) is 0.462. The number of benzene rings is 1. The predicted molar refractivity (Wildman–Crippen MR) is 69.7 cm³/mol. The first kappa shape index (κ1) is 15.1. The molecule has 0 aliphatic carbocycles. The van der Waals surface area contributed by atoms with Crippen molar-refractivity contribution in [1.82, 2.24) is 0 Å². The summed E-state index contributed by atoms with van der Waals surface area (Å²) in [5.41, 5.74) is -0.511. The summed E-state index contributed by atoms with van der Waals surface area (Å²) in [6.07, 6.45) is -2.77. The van der Waals surface area contributed by atoms with Gasteiger partial charge in [0.2, 0.25) is 0 Å². The standard InChI is InChI=1S/C10H10BrClF2N2O2/c1-15(3-2-12)8-5-7(11)6(10(13)14)4-9(8)16(17)18/h4-5,10H,2-3H2,1H3. The van der Waals surface area contributed by atoms with Gasteiger partial charge < -0.3 is 4.90 Å². The van der Waals surface area contributed by atoms with Crippen LogP contribution in [-0.4, -0.2) is 24.4 Å². The molecule has 0 fully saturated rings. The molecule has 0 bridgehead atoms. The molecule has 0 atom stereocenters. The maximum absolute atomic E-state index is 12.7. The van der Waals surface area contributed by atoms with E-state index >= 15 is 0 Å². The van der Waals surface area contributed by atoms with Gasteiger partial charge in [0.15, 0.2) is 0 Å². The van der Waals surface area contributed by atoms with E-state index in [1.165, 1.54) is 6.07 Å². The minimum atomic E-state index is -2.77. The summed E-state index contributed by atoms with van der Waals surface area (Å²) in [5, 5.41) is 10.9. The van der Waals surface area contributed by atoms with Crippen molar-refractivity contribution in [2.45, 2.75) is 6.43 Å². The number of nitrogens with zero attached hydrogens (tertiary/aromatic N) is 2. The van der Waals surface area contributed by atoms with Gasteiger partial charge in [-0.05, 0) is 6.07 Å².